The normalized spacial score (nSPS) is 23.4. The molecule has 1 aliphatic heterocycles. The second-order valence-electron chi connectivity index (χ2n) is 4.02. The lowest BCUT2D eigenvalue weighted by molar-refractivity contribution is -0.0355. The van der Waals surface area contributed by atoms with Crippen molar-refractivity contribution in [1.29, 1.82) is 0 Å². The first kappa shape index (κ1) is 10.2. The fraction of sp³-hybridized carbons (Fsp3) is 0.364. The number of hydrogen-bond acceptors (Lipinski definition) is 3. The van der Waals surface area contributed by atoms with Crippen LogP contribution >= 0.6 is 15.9 Å². The minimum Gasteiger partial charge on any atom is -0.447 e. The van der Waals surface area contributed by atoms with Gasteiger partial charge in [-0.15, -0.1) is 0 Å². The topological polar surface area (TPSA) is 41.8 Å². The van der Waals surface area contributed by atoms with Crippen LogP contribution in [0, 0.1) is 11.7 Å². The molecule has 1 aromatic carbocycles. The van der Waals surface area contributed by atoms with Gasteiger partial charge >= 0.3 is 0 Å². The van der Waals surface area contributed by atoms with Crippen molar-refractivity contribution in [3.63, 3.8) is 0 Å². The zero-order chi connectivity index (χ0) is 11.3. The quantitative estimate of drug-likeness (QED) is 0.862. The third kappa shape index (κ3) is 1.64. The molecule has 1 N–H and O–H groups in total. The maximum absolute atomic E-state index is 13.7. The van der Waals surface area contributed by atoms with Crippen molar-refractivity contribution < 1.29 is 14.2 Å². The Morgan fingerprint density at radius 1 is 1.44 bits per heavy atom. The summed E-state index contributed by atoms with van der Waals surface area (Å²) < 4.78 is 19.5. The van der Waals surface area contributed by atoms with E-state index >= 15 is 0 Å². The zero-order valence-corrected chi connectivity index (χ0v) is 9.87. The summed E-state index contributed by atoms with van der Waals surface area (Å²) in [6.07, 6.45) is 0.882. The molecule has 2 aliphatic rings. The van der Waals surface area contributed by atoms with Crippen LogP contribution in [0.5, 0.6) is 0 Å². The molecule has 0 aromatic heterocycles. The molecule has 1 unspecified atom stereocenters. The first-order valence-corrected chi connectivity index (χ1v) is 5.86. The first-order valence-electron chi connectivity index (χ1n) is 5.07. The van der Waals surface area contributed by atoms with E-state index in [-0.39, 0.29) is 11.6 Å². The Morgan fingerprint density at radius 3 is 2.88 bits per heavy atom. The largest absolute Gasteiger partial charge is 0.447 e. The van der Waals surface area contributed by atoms with Crippen LogP contribution in [-0.2, 0) is 4.74 Å². The highest BCUT2D eigenvalue weighted by atomic mass is 79.9. The van der Waals surface area contributed by atoms with Crippen molar-refractivity contribution in [2.24, 2.45) is 10.9 Å². The zero-order valence-electron chi connectivity index (χ0n) is 8.28. The molecule has 0 spiro atoms. The minimum absolute atomic E-state index is 0.198. The predicted molar refractivity (Wildman–Crippen MR) is 60.0 cm³/mol. The number of halogens is 2. The van der Waals surface area contributed by atoms with Crippen LogP contribution in [0.25, 0.3) is 0 Å². The van der Waals surface area contributed by atoms with E-state index in [1.807, 2.05) is 0 Å². The Labute approximate surface area is 100 Å². The van der Waals surface area contributed by atoms with Crippen molar-refractivity contribution in [2.75, 3.05) is 0 Å². The standard InChI is InChI=1S/C11H9BrFNO2/c12-6-3-7-9(8(13)4-6)14-10(5-1-2-5)16-11(7)15/h3-5,11,15H,1-2H2. The van der Waals surface area contributed by atoms with Crippen molar-refractivity contribution in [2.45, 2.75) is 19.1 Å². The van der Waals surface area contributed by atoms with Gasteiger partial charge in [0.1, 0.15) is 5.69 Å². The fourth-order valence-corrected chi connectivity index (χ4v) is 2.17. The molecule has 0 radical (unpaired) electrons. The van der Waals surface area contributed by atoms with E-state index in [4.69, 9.17) is 4.74 Å². The molecule has 3 rings (SSSR count). The summed E-state index contributed by atoms with van der Waals surface area (Å²) in [5, 5.41) is 9.77. The highest BCUT2D eigenvalue weighted by molar-refractivity contribution is 9.10. The van der Waals surface area contributed by atoms with Crippen molar-refractivity contribution >= 4 is 27.5 Å². The maximum atomic E-state index is 13.7. The van der Waals surface area contributed by atoms with Gasteiger partial charge in [-0.25, -0.2) is 9.38 Å². The molecule has 1 aromatic rings. The van der Waals surface area contributed by atoms with Crippen LogP contribution in [0.4, 0.5) is 10.1 Å². The smallest absolute Gasteiger partial charge is 0.228 e. The number of ether oxygens (including phenoxy) is 1. The van der Waals surface area contributed by atoms with Gasteiger partial charge in [-0.3, -0.25) is 0 Å². The van der Waals surface area contributed by atoms with Crippen LogP contribution < -0.4 is 0 Å². The van der Waals surface area contributed by atoms with Crippen molar-refractivity contribution in [3.8, 4) is 0 Å². The molecule has 16 heavy (non-hydrogen) atoms. The summed E-state index contributed by atoms with van der Waals surface area (Å²) in [4.78, 5) is 4.14. The van der Waals surface area contributed by atoms with Gasteiger partial charge in [-0.2, -0.15) is 0 Å². The number of fused-ring (bicyclic) bond motifs is 1. The van der Waals surface area contributed by atoms with E-state index in [9.17, 15) is 9.50 Å². The van der Waals surface area contributed by atoms with Gasteiger partial charge in [0.2, 0.25) is 6.29 Å². The highest BCUT2D eigenvalue weighted by Crippen LogP contribution is 2.41. The number of aliphatic hydroxyl groups excluding tert-OH is 1. The second-order valence-corrected chi connectivity index (χ2v) is 4.94. The van der Waals surface area contributed by atoms with Crippen LogP contribution in [0.2, 0.25) is 0 Å². The van der Waals surface area contributed by atoms with E-state index in [0.29, 0.717) is 15.9 Å². The Bertz CT molecular complexity index is 485. The number of benzene rings is 1. The number of aliphatic hydroxyl groups is 1. The number of aliphatic imine (C=N–C) groups is 1. The number of rotatable bonds is 1. The third-order valence-corrected chi connectivity index (χ3v) is 3.16. The van der Waals surface area contributed by atoms with E-state index in [1.54, 1.807) is 6.07 Å². The van der Waals surface area contributed by atoms with Crippen molar-refractivity contribution in [1.82, 2.24) is 0 Å². The van der Waals surface area contributed by atoms with E-state index in [2.05, 4.69) is 20.9 Å². The lowest BCUT2D eigenvalue weighted by Gasteiger charge is -2.22. The van der Waals surface area contributed by atoms with Gasteiger partial charge in [-0.05, 0) is 25.0 Å². The number of hydrogen-bond donors (Lipinski definition) is 1. The molecular weight excluding hydrogens is 277 g/mol. The molecule has 5 heteroatoms. The molecule has 0 bridgehead atoms. The molecule has 1 aliphatic carbocycles. The van der Waals surface area contributed by atoms with E-state index < -0.39 is 12.1 Å². The average Bonchev–Trinajstić information content (AvgIpc) is 3.02. The van der Waals surface area contributed by atoms with Crippen LogP contribution in [-0.4, -0.2) is 11.0 Å². The monoisotopic (exact) mass is 285 g/mol. The SMILES string of the molecule is OC1OC(C2CC2)=Nc2c(F)cc(Br)cc21. The molecule has 84 valence electrons. The van der Waals surface area contributed by atoms with Gasteiger partial charge in [0.25, 0.3) is 0 Å². The minimum atomic E-state index is -1.12. The van der Waals surface area contributed by atoms with Crippen molar-refractivity contribution in [3.05, 3.63) is 28.0 Å². The molecule has 1 atom stereocenters. The van der Waals surface area contributed by atoms with Gasteiger partial charge < -0.3 is 9.84 Å². The lowest BCUT2D eigenvalue weighted by Crippen LogP contribution is -2.17. The molecule has 3 nitrogen and oxygen atoms in total. The third-order valence-electron chi connectivity index (χ3n) is 2.70. The molecule has 1 saturated carbocycles. The number of nitrogens with zero attached hydrogens (tertiary/aromatic N) is 1. The van der Waals surface area contributed by atoms with Crippen LogP contribution in [0.3, 0.4) is 0 Å². The Morgan fingerprint density at radius 2 is 2.19 bits per heavy atom. The summed E-state index contributed by atoms with van der Waals surface area (Å²) in [6, 6.07) is 2.96. The summed E-state index contributed by atoms with van der Waals surface area (Å²) in [6.45, 7) is 0. The summed E-state index contributed by atoms with van der Waals surface area (Å²) >= 11 is 3.17. The highest BCUT2D eigenvalue weighted by Gasteiger charge is 2.35. The Kier molecular flexibility index (Phi) is 2.26. The second kappa shape index (κ2) is 3.53. The average molecular weight is 286 g/mol. The maximum Gasteiger partial charge on any atom is 0.228 e. The predicted octanol–water partition coefficient (Wildman–Crippen LogP) is 3.05. The molecule has 0 saturated heterocycles. The summed E-state index contributed by atoms with van der Waals surface area (Å²) in [7, 11) is 0. The van der Waals surface area contributed by atoms with E-state index in [0.717, 1.165) is 12.8 Å². The van der Waals surface area contributed by atoms with Gasteiger partial charge in [0.05, 0.1) is 0 Å². The summed E-state index contributed by atoms with van der Waals surface area (Å²) in [5.41, 5.74) is 0.570. The molecule has 0 amide bonds. The summed E-state index contributed by atoms with van der Waals surface area (Å²) in [5.74, 6) is 0.275. The lowest BCUT2D eigenvalue weighted by atomic mass is 10.1. The first-order chi connectivity index (χ1) is 7.65. The van der Waals surface area contributed by atoms with Gasteiger partial charge in [-0.1, -0.05) is 15.9 Å². The fourth-order valence-electron chi connectivity index (χ4n) is 1.72. The Hall–Kier alpha value is -0.940. The molecule has 1 fully saturated rings. The van der Waals surface area contributed by atoms with E-state index in [1.165, 1.54) is 6.07 Å². The van der Waals surface area contributed by atoms with Gasteiger partial charge in [0.15, 0.2) is 11.7 Å². The van der Waals surface area contributed by atoms with Crippen LogP contribution in [0.1, 0.15) is 24.7 Å². The molecular formula is C11H9BrFNO2. The molecule has 1 heterocycles. The Balaban J connectivity index is 2.12. The van der Waals surface area contributed by atoms with Crippen LogP contribution in [0.15, 0.2) is 21.6 Å². The van der Waals surface area contributed by atoms with Gasteiger partial charge in [0, 0.05) is 16.0 Å².